The molecule has 1 aromatic carbocycles. The van der Waals surface area contributed by atoms with Crippen molar-refractivity contribution in [2.24, 2.45) is 0 Å². The molecule has 3 heteroatoms. The number of hydrogen-bond donors (Lipinski definition) is 0. The molecule has 1 saturated heterocycles. The number of ether oxygens (including phenoxy) is 1. The predicted molar refractivity (Wildman–Crippen MR) is 97.7 cm³/mol. The highest BCUT2D eigenvalue weighted by Crippen LogP contribution is 2.22. The molecule has 1 amide bonds. The third kappa shape index (κ3) is 6.28. The molecule has 1 atom stereocenters. The summed E-state index contributed by atoms with van der Waals surface area (Å²) < 4.78 is 5.48. The van der Waals surface area contributed by atoms with Gasteiger partial charge in [-0.1, -0.05) is 30.3 Å². The number of carbonyl (C=O) groups excluding carboxylic acids is 1. The zero-order valence-corrected chi connectivity index (χ0v) is 15.2. The van der Waals surface area contributed by atoms with Crippen LogP contribution in [0.2, 0.25) is 0 Å². The van der Waals surface area contributed by atoms with Crippen LogP contribution in [0.3, 0.4) is 0 Å². The lowest BCUT2D eigenvalue weighted by Crippen LogP contribution is -2.39. The van der Waals surface area contributed by atoms with E-state index in [4.69, 9.17) is 4.74 Å². The van der Waals surface area contributed by atoms with Crippen LogP contribution in [0.25, 0.3) is 0 Å². The van der Waals surface area contributed by atoms with Gasteiger partial charge in [0.05, 0.1) is 0 Å². The molecule has 0 saturated carbocycles. The summed E-state index contributed by atoms with van der Waals surface area (Å²) in [7, 11) is 0. The van der Waals surface area contributed by atoms with Crippen LogP contribution in [0.15, 0.2) is 30.3 Å². The first-order valence-electron chi connectivity index (χ1n) is 8.95. The Labute approximate surface area is 146 Å². The van der Waals surface area contributed by atoms with Gasteiger partial charge in [-0.3, -0.25) is 0 Å². The molecule has 2 rings (SSSR count). The molecule has 0 aromatic heterocycles. The van der Waals surface area contributed by atoms with Crippen molar-refractivity contribution in [2.45, 2.75) is 70.9 Å². The molecule has 1 aliphatic rings. The fourth-order valence-electron chi connectivity index (χ4n) is 2.91. The maximum absolute atomic E-state index is 12.2. The fraction of sp³-hybridized carbons (Fsp3) is 0.571. The molecule has 0 aliphatic carbocycles. The van der Waals surface area contributed by atoms with E-state index in [9.17, 15) is 4.79 Å². The maximum atomic E-state index is 12.2. The molecule has 1 heterocycles. The zero-order valence-electron chi connectivity index (χ0n) is 15.2. The molecule has 1 fully saturated rings. The van der Waals surface area contributed by atoms with Gasteiger partial charge >= 0.3 is 6.09 Å². The van der Waals surface area contributed by atoms with Crippen LogP contribution in [-0.2, 0) is 11.2 Å². The molecule has 0 spiro atoms. The molecule has 130 valence electrons. The smallest absolute Gasteiger partial charge is 0.410 e. The first-order valence-corrected chi connectivity index (χ1v) is 8.95. The first kappa shape index (κ1) is 18.4. The number of carbonyl (C=O) groups is 1. The summed E-state index contributed by atoms with van der Waals surface area (Å²) in [5.74, 6) is 6.52. The van der Waals surface area contributed by atoms with Gasteiger partial charge in [0.1, 0.15) is 5.60 Å². The third-order valence-electron chi connectivity index (χ3n) is 4.08. The quantitative estimate of drug-likeness (QED) is 0.587. The lowest BCUT2D eigenvalue weighted by atomic mass is 10.1. The van der Waals surface area contributed by atoms with Gasteiger partial charge in [-0.25, -0.2) is 4.79 Å². The lowest BCUT2D eigenvalue weighted by Gasteiger charge is -2.27. The molecule has 3 nitrogen and oxygen atoms in total. The summed E-state index contributed by atoms with van der Waals surface area (Å²) in [5.41, 5.74) is 0.930. The number of rotatable bonds is 4. The van der Waals surface area contributed by atoms with Gasteiger partial charge in [0.15, 0.2) is 0 Å². The molecular weight excluding hydrogens is 298 g/mol. The van der Waals surface area contributed by atoms with Crippen molar-refractivity contribution in [3.63, 3.8) is 0 Å². The molecule has 1 aromatic rings. The summed E-state index contributed by atoms with van der Waals surface area (Å²) in [6.07, 6.45) is 5.69. The molecule has 0 N–H and O–H groups in total. The van der Waals surface area contributed by atoms with Crippen molar-refractivity contribution in [3.8, 4) is 11.8 Å². The number of benzene rings is 1. The predicted octanol–water partition coefficient (Wildman–Crippen LogP) is 4.80. The highest BCUT2D eigenvalue weighted by molar-refractivity contribution is 5.69. The molecule has 24 heavy (non-hydrogen) atoms. The van der Waals surface area contributed by atoms with Crippen molar-refractivity contribution in [2.75, 3.05) is 6.54 Å². The zero-order chi connectivity index (χ0) is 17.4. The van der Waals surface area contributed by atoms with E-state index in [2.05, 4.69) is 36.1 Å². The van der Waals surface area contributed by atoms with Crippen LogP contribution in [0.4, 0.5) is 4.79 Å². The summed E-state index contributed by atoms with van der Waals surface area (Å²) in [6, 6.07) is 10.7. The maximum Gasteiger partial charge on any atom is 0.410 e. The number of aryl methyl sites for hydroxylation is 1. The van der Waals surface area contributed by atoms with Crippen molar-refractivity contribution in [3.05, 3.63) is 35.9 Å². The van der Waals surface area contributed by atoms with Gasteiger partial charge in [-0.15, -0.1) is 11.8 Å². The highest BCUT2D eigenvalue weighted by atomic mass is 16.6. The Kier molecular flexibility index (Phi) is 6.73. The number of nitrogens with zero attached hydrogens (tertiary/aromatic N) is 1. The van der Waals surface area contributed by atoms with Crippen molar-refractivity contribution >= 4 is 6.09 Å². The summed E-state index contributed by atoms with van der Waals surface area (Å²) in [5, 5.41) is 0. The number of hydrogen-bond acceptors (Lipinski definition) is 2. The molecule has 0 bridgehead atoms. The van der Waals surface area contributed by atoms with Crippen molar-refractivity contribution in [1.82, 2.24) is 4.90 Å². The Bertz CT molecular complexity index is 577. The van der Waals surface area contributed by atoms with Crippen molar-refractivity contribution < 1.29 is 9.53 Å². The standard InChI is InChI=1S/C21H29NO2/c1-21(2,3)24-20(23)22-17-11-16-19(22)15-10-5-4-7-12-18-13-8-6-9-14-18/h6,8-9,13-14,19H,4,7,11-12,15-17H2,1-3H3. The number of unbranched alkanes of at least 4 members (excludes halogenated alkanes) is 1. The molecule has 0 radical (unpaired) electrons. The molecule has 1 unspecified atom stereocenters. The van der Waals surface area contributed by atoms with Crippen LogP contribution in [-0.4, -0.2) is 29.2 Å². The Hall–Kier alpha value is -1.95. The van der Waals surface area contributed by atoms with Crippen molar-refractivity contribution in [1.29, 1.82) is 0 Å². The van der Waals surface area contributed by atoms with E-state index >= 15 is 0 Å². The fourth-order valence-corrected chi connectivity index (χ4v) is 2.91. The number of amides is 1. The summed E-state index contributed by atoms with van der Waals surface area (Å²) in [6.45, 7) is 6.50. The van der Waals surface area contributed by atoms with E-state index < -0.39 is 5.60 Å². The minimum absolute atomic E-state index is 0.198. The second kappa shape index (κ2) is 8.78. The Morgan fingerprint density at radius 1 is 1.25 bits per heavy atom. The van der Waals surface area contributed by atoms with E-state index in [1.54, 1.807) is 0 Å². The molecule has 1 aliphatic heterocycles. The highest BCUT2D eigenvalue weighted by Gasteiger charge is 2.31. The third-order valence-corrected chi connectivity index (χ3v) is 4.08. The summed E-state index contributed by atoms with van der Waals surface area (Å²) in [4.78, 5) is 14.1. The Morgan fingerprint density at radius 3 is 2.71 bits per heavy atom. The van der Waals surface area contributed by atoms with Crippen LogP contribution in [0, 0.1) is 11.8 Å². The van der Waals surface area contributed by atoms with Crippen LogP contribution in [0.5, 0.6) is 0 Å². The summed E-state index contributed by atoms with van der Waals surface area (Å²) >= 11 is 0. The van der Waals surface area contributed by atoms with Crippen LogP contribution in [0.1, 0.15) is 58.4 Å². The topological polar surface area (TPSA) is 29.5 Å². The second-order valence-corrected chi connectivity index (χ2v) is 7.37. The van der Waals surface area contributed by atoms with E-state index in [1.165, 1.54) is 5.56 Å². The SMILES string of the molecule is CC(C)(C)OC(=O)N1CCCC1CC#CCCCc1ccccc1. The van der Waals surface area contributed by atoms with Crippen LogP contribution >= 0.6 is 0 Å². The second-order valence-electron chi connectivity index (χ2n) is 7.37. The largest absolute Gasteiger partial charge is 0.444 e. The van der Waals surface area contributed by atoms with Gasteiger partial charge in [0.25, 0.3) is 0 Å². The number of likely N-dealkylation sites (tertiary alicyclic amines) is 1. The minimum Gasteiger partial charge on any atom is -0.444 e. The minimum atomic E-state index is -0.437. The van der Waals surface area contributed by atoms with E-state index in [-0.39, 0.29) is 12.1 Å². The average Bonchev–Trinajstić information content (AvgIpc) is 2.99. The normalized spacial score (nSPS) is 17.3. The Balaban J connectivity index is 1.72. The molecular formula is C21H29NO2. The van der Waals surface area contributed by atoms with Gasteiger partial charge in [-0.05, 0) is 52.0 Å². The van der Waals surface area contributed by atoms with Gasteiger partial charge in [0.2, 0.25) is 0 Å². The monoisotopic (exact) mass is 327 g/mol. The van der Waals surface area contributed by atoms with Gasteiger partial charge < -0.3 is 9.64 Å². The van der Waals surface area contributed by atoms with E-state index in [1.807, 2.05) is 31.7 Å². The van der Waals surface area contributed by atoms with E-state index in [0.717, 1.165) is 45.1 Å². The lowest BCUT2D eigenvalue weighted by molar-refractivity contribution is 0.0230. The van der Waals surface area contributed by atoms with Gasteiger partial charge in [-0.2, -0.15) is 0 Å². The van der Waals surface area contributed by atoms with E-state index in [0.29, 0.717) is 0 Å². The van der Waals surface area contributed by atoms with Gasteiger partial charge in [0, 0.05) is 25.4 Å². The Morgan fingerprint density at radius 2 is 2.00 bits per heavy atom. The average molecular weight is 327 g/mol. The first-order chi connectivity index (χ1) is 11.5. The van der Waals surface area contributed by atoms with Crippen LogP contribution < -0.4 is 0 Å².